The van der Waals surface area contributed by atoms with Crippen LogP contribution in [-0.2, 0) is 0 Å². The second-order valence-corrected chi connectivity index (χ2v) is 4.64. The number of Topliss-reactive ketones (excluding diaryl/α,β-unsaturated/α-hetero) is 1. The van der Waals surface area contributed by atoms with Crippen molar-refractivity contribution in [2.24, 2.45) is 0 Å². The Bertz CT molecular complexity index is 600. The molecule has 0 atom stereocenters. The summed E-state index contributed by atoms with van der Waals surface area (Å²) >= 11 is 11.8. The molecule has 0 aliphatic carbocycles. The summed E-state index contributed by atoms with van der Waals surface area (Å²) in [5, 5.41) is 1.05. The highest BCUT2D eigenvalue weighted by molar-refractivity contribution is 6.38. The summed E-state index contributed by atoms with van der Waals surface area (Å²) in [5.74, 6) is -0.178. The largest absolute Gasteiger partial charge is 0.289 e. The maximum absolute atomic E-state index is 12.2. The molecule has 0 aromatic heterocycles. The van der Waals surface area contributed by atoms with E-state index in [0.29, 0.717) is 21.2 Å². The summed E-state index contributed by atoms with van der Waals surface area (Å²) in [4.78, 5) is 12.2. The van der Waals surface area contributed by atoms with E-state index < -0.39 is 0 Å². The van der Waals surface area contributed by atoms with Gasteiger partial charge in [-0.15, -0.1) is 0 Å². The van der Waals surface area contributed by atoms with E-state index in [4.69, 9.17) is 23.2 Å². The normalized spacial score (nSPS) is 10.1. The number of hydrogen-bond donors (Lipinski definition) is 0. The quantitative estimate of drug-likeness (QED) is 0.576. The van der Waals surface area contributed by atoms with Gasteiger partial charge >= 0.3 is 0 Å². The van der Waals surface area contributed by atoms with Gasteiger partial charge in [0.15, 0.2) is 5.78 Å². The van der Waals surface area contributed by atoms with Crippen LogP contribution in [0.3, 0.4) is 0 Å². The molecule has 0 fully saturated rings. The average Bonchev–Trinajstić information content (AvgIpc) is 2.38. The van der Waals surface area contributed by atoms with Crippen LogP contribution in [0.15, 0.2) is 55.1 Å². The number of benzene rings is 2. The summed E-state index contributed by atoms with van der Waals surface area (Å²) in [6.45, 7) is 3.82. The van der Waals surface area contributed by atoms with E-state index in [0.717, 1.165) is 5.56 Å². The minimum atomic E-state index is -0.178. The second-order valence-electron chi connectivity index (χ2n) is 3.79. The first-order chi connectivity index (χ1) is 8.59. The van der Waals surface area contributed by atoms with E-state index >= 15 is 0 Å². The molecule has 0 unspecified atom stereocenters. The van der Waals surface area contributed by atoms with Crippen molar-refractivity contribution in [2.45, 2.75) is 0 Å². The Balaban J connectivity index is 2.33. The molecule has 0 spiro atoms. The van der Waals surface area contributed by atoms with Crippen molar-refractivity contribution in [3.05, 3.63) is 76.3 Å². The number of allylic oxidation sites excluding steroid dienone is 1. The molecule has 0 saturated carbocycles. The lowest BCUT2D eigenvalue weighted by atomic mass is 9.98. The van der Waals surface area contributed by atoms with E-state index in [2.05, 4.69) is 6.58 Å². The number of rotatable bonds is 3. The molecule has 0 bridgehead atoms. The standard InChI is InChI=1S/C15H10Cl2O/c1-10(11-6-8-12(16)9-7-11)15(18)13-4-2-3-5-14(13)17/h2-9H,1H2. The Morgan fingerprint density at radius 3 is 2.17 bits per heavy atom. The van der Waals surface area contributed by atoms with E-state index in [1.165, 1.54) is 0 Å². The molecule has 0 amide bonds. The lowest BCUT2D eigenvalue weighted by Crippen LogP contribution is -2.02. The Hall–Kier alpha value is -1.57. The maximum atomic E-state index is 12.2. The van der Waals surface area contributed by atoms with Crippen LogP contribution in [0.5, 0.6) is 0 Å². The molecule has 2 aromatic carbocycles. The molecule has 0 heterocycles. The van der Waals surface area contributed by atoms with Gasteiger partial charge in [0.05, 0.1) is 5.02 Å². The summed E-state index contributed by atoms with van der Waals surface area (Å²) < 4.78 is 0. The molecule has 2 aromatic rings. The number of carbonyl (C=O) groups excluding carboxylic acids is 1. The topological polar surface area (TPSA) is 17.1 Å². The van der Waals surface area contributed by atoms with Crippen LogP contribution in [0.25, 0.3) is 5.57 Å². The van der Waals surface area contributed by atoms with Crippen molar-refractivity contribution < 1.29 is 4.79 Å². The SMILES string of the molecule is C=C(C(=O)c1ccccc1Cl)c1ccc(Cl)cc1. The van der Waals surface area contributed by atoms with Crippen LogP contribution in [0, 0.1) is 0 Å². The van der Waals surface area contributed by atoms with Gasteiger partial charge < -0.3 is 0 Å². The highest BCUT2D eigenvalue weighted by atomic mass is 35.5. The minimum Gasteiger partial charge on any atom is -0.289 e. The minimum absolute atomic E-state index is 0.178. The lowest BCUT2D eigenvalue weighted by molar-refractivity contribution is 0.105. The van der Waals surface area contributed by atoms with Gasteiger partial charge in [0.1, 0.15) is 0 Å². The molecule has 1 nitrogen and oxygen atoms in total. The molecule has 90 valence electrons. The van der Waals surface area contributed by atoms with Gasteiger partial charge in [-0.1, -0.05) is 54.0 Å². The van der Waals surface area contributed by atoms with Crippen molar-refractivity contribution >= 4 is 34.6 Å². The van der Waals surface area contributed by atoms with Gasteiger partial charge in [-0.25, -0.2) is 0 Å². The number of ketones is 1. The summed E-state index contributed by atoms with van der Waals surface area (Å²) in [6, 6.07) is 13.9. The molecule has 18 heavy (non-hydrogen) atoms. The van der Waals surface area contributed by atoms with Gasteiger partial charge in [-0.05, 0) is 29.8 Å². The summed E-state index contributed by atoms with van der Waals surface area (Å²) in [7, 11) is 0. The van der Waals surface area contributed by atoms with Gasteiger partial charge in [0, 0.05) is 16.2 Å². The Kier molecular flexibility index (Phi) is 3.85. The van der Waals surface area contributed by atoms with Gasteiger partial charge in [-0.2, -0.15) is 0 Å². The fraction of sp³-hybridized carbons (Fsp3) is 0. The van der Waals surface area contributed by atoms with E-state index in [1.807, 2.05) is 0 Å². The molecular formula is C15H10Cl2O. The third kappa shape index (κ3) is 2.63. The average molecular weight is 277 g/mol. The number of hydrogen-bond acceptors (Lipinski definition) is 1. The maximum Gasteiger partial charge on any atom is 0.194 e. The zero-order chi connectivity index (χ0) is 13.1. The molecule has 0 saturated heterocycles. The van der Waals surface area contributed by atoms with E-state index in [9.17, 15) is 4.79 Å². The fourth-order valence-electron chi connectivity index (χ4n) is 1.59. The molecular weight excluding hydrogens is 267 g/mol. The summed E-state index contributed by atoms with van der Waals surface area (Å²) in [6.07, 6.45) is 0. The zero-order valence-electron chi connectivity index (χ0n) is 9.49. The molecule has 0 aliphatic rings. The van der Waals surface area contributed by atoms with Crippen molar-refractivity contribution in [1.82, 2.24) is 0 Å². The predicted molar refractivity (Wildman–Crippen MR) is 76.3 cm³/mol. The van der Waals surface area contributed by atoms with Crippen LogP contribution in [0.1, 0.15) is 15.9 Å². The molecule has 0 aliphatic heterocycles. The first-order valence-corrected chi connectivity index (χ1v) is 6.09. The Morgan fingerprint density at radius 2 is 1.56 bits per heavy atom. The van der Waals surface area contributed by atoms with Gasteiger partial charge in [0.25, 0.3) is 0 Å². The molecule has 0 N–H and O–H groups in total. The third-order valence-electron chi connectivity index (χ3n) is 2.59. The van der Waals surface area contributed by atoms with Crippen molar-refractivity contribution in [3.63, 3.8) is 0 Å². The number of carbonyl (C=O) groups is 1. The Morgan fingerprint density at radius 1 is 0.944 bits per heavy atom. The van der Waals surface area contributed by atoms with Crippen LogP contribution in [-0.4, -0.2) is 5.78 Å². The van der Waals surface area contributed by atoms with E-state index in [-0.39, 0.29) is 5.78 Å². The Labute approximate surface area is 116 Å². The molecule has 2 rings (SSSR count). The van der Waals surface area contributed by atoms with Crippen LogP contribution >= 0.6 is 23.2 Å². The number of halogens is 2. The molecule has 3 heteroatoms. The predicted octanol–water partition coefficient (Wildman–Crippen LogP) is 4.89. The van der Waals surface area contributed by atoms with Crippen LogP contribution in [0.2, 0.25) is 10.0 Å². The monoisotopic (exact) mass is 276 g/mol. The first kappa shape index (κ1) is 12.9. The first-order valence-electron chi connectivity index (χ1n) is 5.33. The van der Waals surface area contributed by atoms with Crippen LogP contribution < -0.4 is 0 Å². The zero-order valence-corrected chi connectivity index (χ0v) is 11.0. The van der Waals surface area contributed by atoms with Crippen LogP contribution in [0.4, 0.5) is 0 Å². The van der Waals surface area contributed by atoms with Crippen molar-refractivity contribution in [2.75, 3.05) is 0 Å². The van der Waals surface area contributed by atoms with Crippen molar-refractivity contribution in [1.29, 1.82) is 0 Å². The van der Waals surface area contributed by atoms with Gasteiger partial charge in [0.2, 0.25) is 0 Å². The lowest BCUT2D eigenvalue weighted by Gasteiger charge is -2.06. The van der Waals surface area contributed by atoms with Crippen molar-refractivity contribution in [3.8, 4) is 0 Å². The highest BCUT2D eigenvalue weighted by Gasteiger charge is 2.14. The highest BCUT2D eigenvalue weighted by Crippen LogP contribution is 2.24. The fourth-order valence-corrected chi connectivity index (χ4v) is 1.94. The van der Waals surface area contributed by atoms with E-state index in [1.54, 1.807) is 48.5 Å². The smallest absolute Gasteiger partial charge is 0.194 e. The third-order valence-corrected chi connectivity index (χ3v) is 3.17. The van der Waals surface area contributed by atoms with Gasteiger partial charge in [-0.3, -0.25) is 4.79 Å². The molecule has 0 radical (unpaired) electrons. The summed E-state index contributed by atoms with van der Waals surface area (Å²) in [5.41, 5.74) is 1.60. The second kappa shape index (κ2) is 5.38.